The van der Waals surface area contributed by atoms with Gasteiger partial charge in [0.2, 0.25) is 0 Å². The summed E-state index contributed by atoms with van der Waals surface area (Å²) in [6.45, 7) is 3.53. The second-order valence-corrected chi connectivity index (χ2v) is 5.60. The minimum absolute atomic E-state index is 0.694. The van der Waals surface area contributed by atoms with E-state index in [1.54, 1.807) is 7.11 Å². The summed E-state index contributed by atoms with van der Waals surface area (Å²) >= 11 is 3.49. The van der Waals surface area contributed by atoms with Crippen molar-refractivity contribution in [3.63, 3.8) is 0 Å². The zero-order valence-electron chi connectivity index (χ0n) is 12.4. The molecule has 4 heteroatoms. The number of nitrogens with one attached hydrogen (secondary N) is 1. The second-order valence-electron chi connectivity index (χ2n) is 4.69. The summed E-state index contributed by atoms with van der Waals surface area (Å²) < 4.78 is 12.1. The van der Waals surface area contributed by atoms with Crippen LogP contribution in [0.3, 0.4) is 0 Å². The van der Waals surface area contributed by atoms with Gasteiger partial charge in [-0.15, -0.1) is 0 Å². The van der Waals surface area contributed by atoms with Gasteiger partial charge in [-0.1, -0.05) is 28.9 Å². The van der Waals surface area contributed by atoms with Gasteiger partial charge in [-0.25, -0.2) is 0 Å². The van der Waals surface area contributed by atoms with E-state index in [1.807, 2.05) is 36.4 Å². The van der Waals surface area contributed by atoms with Crippen molar-refractivity contribution in [1.29, 1.82) is 0 Å². The first-order valence-electron chi connectivity index (χ1n) is 7.02. The highest BCUT2D eigenvalue weighted by atomic mass is 79.9. The minimum atomic E-state index is 0.694. The van der Waals surface area contributed by atoms with Crippen molar-refractivity contribution in [2.75, 3.05) is 19.0 Å². The van der Waals surface area contributed by atoms with Crippen molar-refractivity contribution >= 4 is 21.6 Å². The van der Waals surface area contributed by atoms with E-state index in [4.69, 9.17) is 9.47 Å². The molecule has 21 heavy (non-hydrogen) atoms. The lowest BCUT2D eigenvalue weighted by molar-refractivity contribution is 0.317. The summed E-state index contributed by atoms with van der Waals surface area (Å²) in [5.41, 5.74) is 2.14. The van der Waals surface area contributed by atoms with Crippen LogP contribution in [0.5, 0.6) is 11.5 Å². The quantitative estimate of drug-likeness (QED) is 0.774. The monoisotopic (exact) mass is 349 g/mol. The normalized spacial score (nSPS) is 10.2. The van der Waals surface area contributed by atoms with Crippen molar-refractivity contribution in [1.82, 2.24) is 0 Å². The number of methoxy groups -OCH3 is 1. The maximum Gasteiger partial charge on any atom is 0.123 e. The van der Waals surface area contributed by atoms with Crippen molar-refractivity contribution in [3.8, 4) is 11.5 Å². The molecule has 0 aliphatic rings. The summed E-state index contributed by atoms with van der Waals surface area (Å²) in [5.74, 6) is 1.77. The highest BCUT2D eigenvalue weighted by Gasteiger charge is 2.04. The van der Waals surface area contributed by atoms with Gasteiger partial charge in [0.05, 0.1) is 13.7 Å². The third-order valence-corrected chi connectivity index (χ3v) is 3.53. The average molecular weight is 350 g/mol. The molecule has 2 aromatic rings. The number of hydrogen-bond acceptors (Lipinski definition) is 3. The Morgan fingerprint density at radius 3 is 2.76 bits per heavy atom. The Balaban J connectivity index is 2.04. The number of ether oxygens (including phenoxy) is 2. The molecule has 0 unspecified atom stereocenters. The highest BCUT2D eigenvalue weighted by molar-refractivity contribution is 9.10. The molecule has 2 rings (SSSR count). The lowest BCUT2D eigenvalue weighted by atomic mass is 10.2. The van der Waals surface area contributed by atoms with Gasteiger partial charge < -0.3 is 14.8 Å². The summed E-state index contributed by atoms with van der Waals surface area (Å²) in [4.78, 5) is 0. The fraction of sp³-hybridized carbons (Fsp3) is 0.294. The van der Waals surface area contributed by atoms with Crippen molar-refractivity contribution < 1.29 is 9.47 Å². The number of benzene rings is 2. The molecule has 0 amide bonds. The van der Waals surface area contributed by atoms with Crippen LogP contribution in [0.1, 0.15) is 18.9 Å². The van der Waals surface area contributed by atoms with Crippen LogP contribution in [-0.2, 0) is 6.54 Å². The topological polar surface area (TPSA) is 30.5 Å². The zero-order chi connectivity index (χ0) is 15.1. The molecular formula is C17H20BrNO2. The molecule has 0 radical (unpaired) electrons. The maximum atomic E-state index is 5.64. The highest BCUT2D eigenvalue weighted by Crippen LogP contribution is 2.25. The van der Waals surface area contributed by atoms with Crippen LogP contribution in [0.4, 0.5) is 5.69 Å². The van der Waals surface area contributed by atoms with Crippen molar-refractivity contribution in [2.45, 2.75) is 19.9 Å². The predicted molar refractivity (Wildman–Crippen MR) is 90.2 cm³/mol. The third-order valence-electron chi connectivity index (χ3n) is 3.03. The molecule has 2 aromatic carbocycles. The summed E-state index contributed by atoms with van der Waals surface area (Å²) in [5, 5.41) is 3.40. The number of anilines is 1. The molecule has 112 valence electrons. The Bertz CT molecular complexity index is 587. The Labute approximate surface area is 134 Å². The van der Waals surface area contributed by atoms with Crippen LogP contribution >= 0.6 is 15.9 Å². The first-order chi connectivity index (χ1) is 10.2. The van der Waals surface area contributed by atoms with Gasteiger partial charge in [-0.2, -0.15) is 0 Å². The van der Waals surface area contributed by atoms with E-state index in [9.17, 15) is 0 Å². The second kappa shape index (κ2) is 7.93. The third kappa shape index (κ3) is 4.67. The molecule has 1 N–H and O–H groups in total. The SMILES string of the molecule is CCCOc1cccc(NCc2cc(Br)ccc2OC)c1. The molecule has 0 saturated carbocycles. The lowest BCUT2D eigenvalue weighted by Gasteiger charge is -2.12. The van der Waals surface area contributed by atoms with E-state index < -0.39 is 0 Å². The molecule has 0 bridgehead atoms. The maximum absolute atomic E-state index is 5.64. The van der Waals surface area contributed by atoms with Gasteiger partial charge in [0.1, 0.15) is 11.5 Å². The molecule has 0 aliphatic carbocycles. The lowest BCUT2D eigenvalue weighted by Crippen LogP contribution is -2.02. The molecule has 0 saturated heterocycles. The summed E-state index contributed by atoms with van der Waals surface area (Å²) in [6.07, 6.45) is 1.01. The van der Waals surface area contributed by atoms with Crippen LogP contribution in [-0.4, -0.2) is 13.7 Å². The summed E-state index contributed by atoms with van der Waals surface area (Å²) in [7, 11) is 1.69. The number of halogens is 1. The standard InChI is InChI=1S/C17H20BrNO2/c1-3-9-21-16-6-4-5-15(11-16)19-12-13-10-14(18)7-8-17(13)20-2/h4-8,10-11,19H,3,9,12H2,1-2H3. The van der Waals surface area contributed by atoms with E-state index in [-0.39, 0.29) is 0 Å². The molecule has 0 spiro atoms. The predicted octanol–water partition coefficient (Wildman–Crippen LogP) is 4.86. The van der Waals surface area contributed by atoms with E-state index >= 15 is 0 Å². The van der Waals surface area contributed by atoms with Crippen LogP contribution in [0.25, 0.3) is 0 Å². The Morgan fingerprint density at radius 1 is 1.14 bits per heavy atom. The van der Waals surface area contributed by atoms with Crippen LogP contribution in [0.15, 0.2) is 46.9 Å². The van der Waals surface area contributed by atoms with E-state index in [0.717, 1.165) is 40.3 Å². The molecule has 0 fully saturated rings. The molecule has 0 aliphatic heterocycles. The van der Waals surface area contributed by atoms with Crippen molar-refractivity contribution in [3.05, 3.63) is 52.5 Å². The molecular weight excluding hydrogens is 330 g/mol. The molecule has 3 nitrogen and oxygen atoms in total. The Hall–Kier alpha value is -1.68. The fourth-order valence-electron chi connectivity index (χ4n) is 2.00. The summed E-state index contributed by atoms with van der Waals surface area (Å²) in [6, 6.07) is 14.0. The van der Waals surface area contributed by atoms with Gasteiger partial charge >= 0.3 is 0 Å². The van der Waals surface area contributed by atoms with Gasteiger partial charge in [0.15, 0.2) is 0 Å². The molecule has 0 heterocycles. The average Bonchev–Trinajstić information content (AvgIpc) is 2.51. The smallest absolute Gasteiger partial charge is 0.123 e. The molecule has 0 atom stereocenters. The Kier molecular flexibility index (Phi) is 5.93. The van der Waals surface area contributed by atoms with Gasteiger partial charge in [-0.3, -0.25) is 0 Å². The van der Waals surface area contributed by atoms with E-state index in [2.05, 4.69) is 34.2 Å². The Morgan fingerprint density at radius 2 is 2.00 bits per heavy atom. The van der Waals surface area contributed by atoms with E-state index in [0.29, 0.717) is 6.54 Å². The van der Waals surface area contributed by atoms with Crippen LogP contribution < -0.4 is 14.8 Å². The minimum Gasteiger partial charge on any atom is -0.496 e. The van der Waals surface area contributed by atoms with Gasteiger partial charge in [0, 0.05) is 28.3 Å². The first-order valence-corrected chi connectivity index (χ1v) is 7.81. The first kappa shape index (κ1) is 15.7. The zero-order valence-corrected chi connectivity index (χ0v) is 13.9. The van der Waals surface area contributed by atoms with Crippen molar-refractivity contribution in [2.24, 2.45) is 0 Å². The fourth-order valence-corrected chi connectivity index (χ4v) is 2.41. The number of rotatable bonds is 7. The molecule has 0 aromatic heterocycles. The van der Waals surface area contributed by atoms with Crippen LogP contribution in [0, 0.1) is 0 Å². The largest absolute Gasteiger partial charge is 0.496 e. The van der Waals surface area contributed by atoms with Gasteiger partial charge in [0.25, 0.3) is 0 Å². The van der Waals surface area contributed by atoms with Gasteiger partial charge in [-0.05, 0) is 36.8 Å². The number of hydrogen-bond donors (Lipinski definition) is 1. The van der Waals surface area contributed by atoms with Crippen LogP contribution in [0.2, 0.25) is 0 Å². The van der Waals surface area contributed by atoms with E-state index in [1.165, 1.54) is 0 Å².